The number of carbonyl (C=O) groups is 2. The lowest BCUT2D eigenvalue weighted by atomic mass is 9.95. The van der Waals surface area contributed by atoms with Gasteiger partial charge < -0.3 is 9.64 Å². The van der Waals surface area contributed by atoms with Gasteiger partial charge in [0.2, 0.25) is 0 Å². The molecule has 0 aromatic rings. The number of hydrogen-bond acceptors (Lipinski definition) is 3. The fourth-order valence-corrected chi connectivity index (χ4v) is 4.11. The highest BCUT2D eigenvalue weighted by Crippen LogP contribution is 2.19. The van der Waals surface area contributed by atoms with Crippen molar-refractivity contribution in [3.05, 3.63) is 0 Å². The summed E-state index contributed by atoms with van der Waals surface area (Å²) in [5.41, 5.74) is 0. The maximum absolute atomic E-state index is 13.0. The average Bonchev–Trinajstić information content (AvgIpc) is 2.79. The van der Waals surface area contributed by atoms with E-state index in [-0.39, 0.29) is 0 Å². The fraction of sp³-hybridized carbons (Fsp3) is 0.926. The van der Waals surface area contributed by atoms with Gasteiger partial charge >= 0.3 is 11.9 Å². The number of esters is 1. The van der Waals surface area contributed by atoms with Crippen LogP contribution in [0.4, 0.5) is 0 Å². The Morgan fingerprint density at radius 1 is 0.645 bits per heavy atom. The molecule has 0 aromatic heterocycles. The summed E-state index contributed by atoms with van der Waals surface area (Å²) < 4.78 is 5.38. The molecule has 0 spiro atoms. The third kappa shape index (κ3) is 15.4. The van der Waals surface area contributed by atoms with Gasteiger partial charge in [0.25, 0.3) is 0 Å². The Kier molecular flexibility index (Phi) is 20.1. The largest absolute Gasteiger partial charge is 0.459 e. The summed E-state index contributed by atoms with van der Waals surface area (Å²) in [7, 11) is 0. The van der Waals surface area contributed by atoms with Crippen LogP contribution in [-0.2, 0) is 14.3 Å². The van der Waals surface area contributed by atoms with Gasteiger partial charge in [0.15, 0.2) is 0 Å². The molecule has 0 aliphatic heterocycles. The summed E-state index contributed by atoms with van der Waals surface area (Å²) in [5, 5.41) is 0. The Hall–Kier alpha value is -1.06. The number of amides is 1. The highest BCUT2D eigenvalue weighted by atomic mass is 16.5. The van der Waals surface area contributed by atoms with Crippen molar-refractivity contribution in [1.29, 1.82) is 0 Å². The van der Waals surface area contributed by atoms with Crippen LogP contribution in [0.3, 0.4) is 0 Å². The summed E-state index contributed by atoms with van der Waals surface area (Å²) in [4.78, 5) is 27.3. The molecule has 0 saturated carbocycles. The molecule has 2 unspecified atom stereocenters. The number of hydrogen-bond donors (Lipinski definition) is 0. The Morgan fingerprint density at radius 3 is 1.55 bits per heavy atom. The molecule has 0 bridgehead atoms. The number of rotatable bonds is 20. The minimum Gasteiger partial charge on any atom is -0.459 e. The third-order valence-electron chi connectivity index (χ3n) is 6.49. The van der Waals surface area contributed by atoms with Crippen LogP contribution in [0, 0.1) is 11.8 Å². The molecule has 0 fully saturated rings. The van der Waals surface area contributed by atoms with E-state index >= 15 is 0 Å². The van der Waals surface area contributed by atoms with Gasteiger partial charge in [-0.1, -0.05) is 112 Å². The van der Waals surface area contributed by atoms with E-state index in [0.717, 1.165) is 38.5 Å². The first-order valence-electron chi connectivity index (χ1n) is 13.5. The molecule has 0 rings (SSSR count). The Labute approximate surface area is 193 Å². The van der Waals surface area contributed by atoms with Crippen molar-refractivity contribution in [2.75, 3.05) is 19.7 Å². The minimum atomic E-state index is -0.651. The predicted octanol–water partition coefficient (Wildman–Crippen LogP) is 7.54. The molecule has 4 nitrogen and oxygen atoms in total. The van der Waals surface area contributed by atoms with Crippen molar-refractivity contribution in [2.24, 2.45) is 11.8 Å². The number of carbonyl (C=O) groups excluding carboxylic acids is 2. The normalized spacial score (nSPS) is 13.1. The van der Waals surface area contributed by atoms with Gasteiger partial charge in [-0.25, -0.2) is 4.79 Å². The fourth-order valence-electron chi connectivity index (χ4n) is 4.11. The van der Waals surface area contributed by atoms with Crippen molar-refractivity contribution in [2.45, 2.75) is 131 Å². The highest BCUT2D eigenvalue weighted by molar-refractivity contribution is 6.32. The van der Waals surface area contributed by atoms with Crippen LogP contribution in [0.15, 0.2) is 0 Å². The molecule has 0 saturated heterocycles. The first-order valence-corrected chi connectivity index (χ1v) is 13.5. The molecule has 184 valence electrons. The van der Waals surface area contributed by atoms with E-state index in [2.05, 4.69) is 34.6 Å². The zero-order valence-corrected chi connectivity index (χ0v) is 21.6. The minimum absolute atomic E-state index is 0.367. The zero-order valence-electron chi connectivity index (χ0n) is 21.6. The lowest BCUT2D eigenvalue weighted by molar-refractivity contribution is -0.161. The van der Waals surface area contributed by atoms with Gasteiger partial charge in [0, 0.05) is 13.1 Å². The van der Waals surface area contributed by atoms with Gasteiger partial charge in [0.1, 0.15) is 0 Å². The lowest BCUT2D eigenvalue weighted by Gasteiger charge is -2.30. The Balaban J connectivity index is 4.71. The van der Waals surface area contributed by atoms with Crippen molar-refractivity contribution in [1.82, 2.24) is 4.90 Å². The monoisotopic (exact) mass is 439 g/mol. The topological polar surface area (TPSA) is 46.6 Å². The second-order valence-electron chi connectivity index (χ2n) is 9.30. The Morgan fingerprint density at radius 2 is 1.10 bits per heavy atom. The molecule has 0 heterocycles. The van der Waals surface area contributed by atoms with E-state index in [1.54, 1.807) is 0 Å². The van der Waals surface area contributed by atoms with Crippen LogP contribution in [0.2, 0.25) is 0 Å². The van der Waals surface area contributed by atoms with Crippen LogP contribution in [0.1, 0.15) is 131 Å². The highest BCUT2D eigenvalue weighted by Gasteiger charge is 2.27. The zero-order chi connectivity index (χ0) is 23.3. The quantitative estimate of drug-likeness (QED) is 0.112. The molecule has 0 N–H and O–H groups in total. The SMILES string of the molecule is CCCCCCCCCOC(=O)C(=O)N(CC(CC)CCCC)CC(CC)CCCC. The van der Waals surface area contributed by atoms with E-state index < -0.39 is 11.9 Å². The van der Waals surface area contributed by atoms with E-state index in [0.29, 0.717) is 31.5 Å². The van der Waals surface area contributed by atoms with Crippen LogP contribution in [0.5, 0.6) is 0 Å². The molecule has 0 aliphatic carbocycles. The first-order chi connectivity index (χ1) is 15.0. The van der Waals surface area contributed by atoms with Crippen LogP contribution in [-0.4, -0.2) is 36.5 Å². The van der Waals surface area contributed by atoms with E-state index in [9.17, 15) is 9.59 Å². The Bertz CT molecular complexity index is 420. The predicted molar refractivity (Wildman–Crippen MR) is 132 cm³/mol. The molecule has 0 aliphatic rings. The molecule has 31 heavy (non-hydrogen) atoms. The van der Waals surface area contributed by atoms with Crippen LogP contribution in [0.25, 0.3) is 0 Å². The molecular formula is C27H53NO3. The molecule has 1 amide bonds. The molecule has 4 heteroatoms. The molecule has 0 aromatic carbocycles. The summed E-state index contributed by atoms with van der Waals surface area (Å²) in [6.07, 6.45) is 17.2. The standard InChI is InChI=1S/C27H53NO3/c1-6-11-14-15-16-17-18-21-31-27(30)26(29)28(22-24(9-4)19-12-7-2)23-25(10-5)20-13-8-3/h24-25H,6-23H2,1-5H3. The molecular weight excluding hydrogens is 386 g/mol. The molecule has 0 radical (unpaired) electrons. The lowest BCUT2D eigenvalue weighted by Crippen LogP contribution is -2.43. The number of nitrogens with zero attached hydrogens (tertiary/aromatic N) is 1. The van der Waals surface area contributed by atoms with Crippen LogP contribution >= 0.6 is 0 Å². The van der Waals surface area contributed by atoms with Gasteiger partial charge in [-0.3, -0.25) is 4.79 Å². The number of ether oxygens (including phenoxy) is 1. The van der Waals surface area contributed by atoms with Crippen molar-refractivity contribution in [3.63, 3.8) is 0 Å². The summed E-state index contributed by atoms with van der Waals surface area (Å²) in [6, 6.07) is 0. The summed E-state index contributed by atoms with van der Waals surface area (Å²) >= 11 is 0. The van der Waals surface area contributed by atoms with E-state index in [1.807, 2.05) is 4.90 Å². The van der Waals surface area contributed by atoms with Gasteiger partial charge in [-0.15, -0.1) is 0 Å². The van der Waals surface area contributed by atoms with Crippen molar-refractivity contribution in [3.8, 4) is 0 Å². The second-order valence-corrected chi connectivity index (χ2v) is 9.30. The average molecular weight is 440 g/mol. The first kappa shape index (κ1) is 29.9. The maximum Gasteiger partial charge on any atom is 0.397 e. The summed E-state index contributed by atoms with van der Waals surface area (Å²) in [5.74, 6) is -0.151. The maximum atomic E-state index is 13.0. The molecule has 2 atom stereocenters. The van der Waals surface area contributed by atoms with Crippen molar-refractivity contribution >= 4 is 11.9 Å². The van der Waals surface area contributed by atoms with E-state index in [1.165, 1.54) is 57.8 Å². The van der Waals surface area contributed by atoms with E-state index in [4.69, 9.17) is 4.74 Å². The van der Waals surface area contributed by atoms with Gasteiger partial charge in [-0.2, -0.15) is 0 Å². The van der Waals surface area contributed by atoms with Crippen molar-refractivity contribution < 1.29 is 14.3 Å². The third-order valence-corrected chi connectivity index (χ3v) is 6.49. The smallest absolute Gasteiger partial charge is 0.397 e. The number of unbranched alkanes of at least 4 members (excludes halogenated alkanes) is 8. The van der Waals surface area contributed by atoms with Crippen LogP contribution < -0.4 is 0 Å². The van der Waals surface area contributed by atoms with Gasteiger partial charge in [0.05, 0.1) is 6.61 Å². The second kappa shape index (κ2) is 20.8. The summed E-state index contributed by atoms with van der Waals surface area (Å²) in [6.45, 7) is 12.7. The van der Waals surface area contributed by atoms with Gasteiger partial charge in [-0.05, 0) is 31.1 Å².